The number of piperidine rings is 1. The first-order valence-corrected chi connectivity index (χ1v) is 11.0. The molecule has 28 heavy (non-hydrogen) atoms. The van der Waals surface area contributed by atoms with Gasteiger partial charge in [-0.1, -0.05) is 34.8 Å². The fourth-order valence-electron chi connectivity index (χ4n) is 3.00. The van der Waals surface area contributed by atoms with E-state index < -0.39 is 21.8 Å². The van der Waals surface area contributed by atoms with E-state index in [4.69, 9.17) is 34.8 Å². The highest BCUT2D eigenvalue weighted by Gasteiger charge is 2.33. The molecule has 1 heterocycles. The molecule has 1 aliphatic rings. The minimum Gasteiger partial charge on any atom is -0.323 e. The highest BCUT2D eigenvalue weighted by Crippen LogP contribution is 2.31. The molecule has 1 aliphatic heterocycles. The summed E-state index contributed by atoms with van der Waals surface area (Å²) >= 11 is 17.7. The topological polar surface area (TPSA) is 66.5 Å². The summed E-state index contributed by atoms with van der Waals surface area (Å²) in [6.07, 6.45) is 0.594. The van der Waals surface area contributed by atoms with Crippen molar-refractivity contribution >= 4 is 56.4 Å². The fraction of sp³-hybridized carbons (Fsp3) is 0.278. The van der Waals surface area contributed by atoms with Gasteiger partial charge in [0.1, 0.15) is 10.7 Å². The van der Waals surface area contributed by atoms with E-state index in [0.717, 1.165) is 0 Å². The fourth-order valence-corrected chi connectivity index (χ4v) is 5.38. The van der Waals surface area contributed by atoms with Crippen LogP contribution >= 0.6 is 34.8 Å². The van der Waals surface area contributed by atoms with Gasteiger partial charge < -0.3 is 5.32 Å². The van der Waals surface area contributed by atoms with E-state index in [1.807, 2.05) is 0 Å². The van der Waals surface area contributed by atoms with Crippen molar-refractivity contribution < 1.29 is 17.6 Å². The summed E-state index contributed by atoms with van der Waals surface area (Å²) in [5.74, 6) is -1.41. The largest absolute Gasteiger partial charge is 0.323 e. The van der Waals surface area contributed by atoms with Crippen molar-refractivity contribution in [2.24, 2.45) is 5.92 Å². The van der Waals surface area contributed by atoms with Gasteiger partial charge in [0.15, 0.2) is 0 Å². The molecule has 10 heteroatoms. The van der Waals surface area contributed by atoms with Gasteiger partial charge in [-0.15, -0.1) is 0 Å². The Kier molecular flexibility index (Phi) is 6.51. The first kappa shape index (κ1) is 21.3. The van der Waals surface area contributed by atoms with E-state index in [-0.39, 0.29) is 39.6 Å². The van der Waals surface area contributed by atoms with Crippen molar-refractivity contribution in [1.29, 1.82) is 0 Å². The number of hydrogen-bond donors (Lipinski definition) is 1. The summed E-state index contributed by atoms with van der Waals surface area (Å²) in [7, 11) is -3.83. The zero-order valence-electron chi connectivity index (χ0n) is 14.5. The van der Waals surface area contributed by atoms with Gasteiger partial charge in [-0.2, -0.15) is 4.31 Å². The third-order valence-electron chi connectivity index (χ3n) is 4.52. The van der Waals surface area contributed by atoms with E-state index in [1.54, 1.807) is 0 Å². The van der Waals surface area contributed by atoms with Gasteiger partial charge in [0.25, 0.3) is 0 Å². The Hall–Kier alpha value is -1.38. The van der Waals surface area contributed by atoms with Gasteiger partial charge in [0.05, 0.1) is 10.7 Å². The third kappa shape index (κ3) is 4.60. The van der Waals surface area contributed by atoms with Crippen molar-refractivity contribution in [3.05, 3.63) is 57.3 Å². The molecule has 0 aromatic heterocycles. The van der Waals surface area contributed by atoms with Crippen LogP contribution in [-0.2, 0) is 14.8 Å². The van der Waals surface area contributed by atoms with E-state index in [1.165, 1.54) is 40.7 Å². The quantitative estimate of drug-likeness (QED) is 0.703. The summed E-state index contributed by atoms with van der Waals surface area (Å²) in [5, 5.41) is 3.17. The van der Waals surface area contributed by atoms with Crippen LogP contribution < -0.4 is 5.32 Å². The van der Waals surface area contributed by atoms with Crippen LogP contribution in [0.1, 0.15) is 12.8 Å². The number of anilines is 1. The number of amides is 1. The molecule has 1 saturated heterocycles. The van der Waals surface area contributed by atoms with Gasteiger partial charge >= 0.3 is 0 Å². The van der Waals surface area contributed by atoms with Crippen molar-refractivity contribution in [2.75, 3.05) is 18.4 Å². The smallest absolute Gasteiger partial charge is 0.244 e. The van der Waals surface area contributed by atoms with Crippen molar-refractivity contribution in [3.8, 4) is 0 Å². The number of benzene rings is 2. The second kappa shape index (κ2) is 8.55. The summed E-state index contributed by atoms with van der Waals surface area (Å²) in [6, 6.07) is 8.12. The Morgan fingerprint density at radius 3 is 2.32 bits per heavy atom. The van der Waals surface area contributed by atoms with Crippen LogP contribution in [0.4, 0.5) is 10.1 Å². The zero-order chi connectivity index (χ0) is 20.5. The predicted octanol–water partition coefficient (Wildman–Crippen LogP) is 4.83. The lowest BCUT2D eigenvalue weighted by atomic mass is 9.97. The number of sulfonamides is 1. The number of carbonyl (C=O) groups excluding carboxylic acids is 1. The van der Waals surface area contributed by atoms with Crippen molar-refractivity contribution in [3.63, 3.8) is 0 Å². The van der Waals surface area contributed by atoms with Gasteiger partial charge in [0.2, 0.25) is 15.9 Å². The predicted molar refractivity (Wildman–Crippen MR) is 108 cm³/mol. The Morgan fingerprint density at radius 2 is 1.64 bits per heavy atom. The molecular formula is C18H16Cl3FN2O3S. The van der Waals surface area contributed by atoms with E-state index in [2.05, 4.69) is 5.32 Å². The molecule has 1 amide bonds. The molecule has 3 rings (SSSR count). The van der Waals surface area contributed by atoms with Crippen LogP contribution in [-0.4, -0.2) is 31.7 Å². The molecule has 2 aromatic rings. The molecule has 5 nitrogen and oxygen atoms in total. The van der Waals surface area contributed by atoms with Crippen molar-refractivity contribution in [1.82, 2.24) is 4.31 Å². The second-order valence-electron chi connectivity index (χ2n) is 6.37. The summed E-state index contributed by atoms with van der Waals surface area (Å²) in [6.45, 7) is 0.280. The number of hydrogen-bond acceptors (Lipinski definition) is 3. The lowest BCUT2D eigenvalue weighted by molar-refractivity contribution is -0.120. The third-order valence-corrected chi connectivity index (χ3v) is 7.37. The van der Waals surface area contributed by atoms with Crippen LogP contribution in [0, 0.1) is 11.7 Å². The summed E-state index contributed by atoms with van der Waals surface area (Å²) in [5.41, 5.74) is -0.00161. The lowest BCUT2D eigenvalue weighted by Crippen LogP contribution is -2.41. The van der Waals surface area contributed by atoms with Crippen LogP contribution in [0.5, 0.6) is 0 Å². The Bertz CT molecular complexity index is 1010. The van der Waals surface area contributed by atoms with Gasteiger partial charge in [-0.05, 0) is 49.2 Å². The number of carbonyl (C=O) groups is 1. The lowest BCUT2D eigenvalue weighted by Gasteiger charge is -2.30. The standard InChI is InChI=1S/C18H16Cl3FN2O3S/c19-12-2-4-15(22)16(9-12)23-18(25)11-5-7-24(8-6-11)28(26,27)17-10-13(20)1-3-14(17)21/h1-4,9-11H,5-8H2,(H,23,25). The van der Waals surface area contributed by atoms with Crippen molar-refractivity contribution in [2.45, 2.75) is 17.7 Å². The average Bonchev–Trinajstić information content (AvgIpc) is 2.66. The van der Waals surface area contributed by atoms with E-state index in [9.17, 15) is 17.6 Å². The molecule has 0 unspecified atom stereocenters. The maximum Gasteiger partial charge on any atom is 0.244 e. The highest BCUT2D eigenvalue weighted by molar-refractivity contribution is 7.89. The highest BCUT2D eigenvalue weighted by atomic mass is 35.5. The molecule has 2 aromatic carbocycles. The molecule has 0 bridgehead atoms. The molecule has 0 atom stereocenters. The minimum atomic E-state index is -3.83. The number of nitrogens with one attached hydrogen (secondary N) is 1. The number of rotatable bonds is 4. The molecule has 0 saturated carbocycles. The molecule has 1 fully saturated rings. The van der Waals surface area contributed by atoms with Crippen LogP contribution in [0.2, 0.25) is 15.1 Å². The first-order valence-electron chi connectivity index (χ1n) is 8.39. The Balaban J connectivity index is 1.67. The van der Waals surface area contributed by atoms with E-state index in [0.29, 0.717) is 17.9 Å². The van der Waals surface area contributed by atoms with Crippen LogP contribution in [0.15, 0.2) is 41.3 Å². The summed E-state index contributed by atoms with van der Waals surface area (Å²) < 4.78 is 40.7. The maximum atomic E-state index is 13.8. The second-order valence-corrected chi connectivity index (χ2v) is 9.55. The maximum absolute atomic E-state index is 13.8. The minimum absolute atomic E-state index is 0.00161. The Labute approximate surface area is 177 Å². The van der Waals surface area contributed by atoms with Gasteiger partial charge in [-0.3, -0.25) is 4.79 Å². The molecule has 1 N–H and O–H groups in total. The average molecular weight is 466 g/mol. The normalized spacial score (nSPS) is 16.1. The number of halogens is 4. The summed E-state index contributed by atoms with van der Waals surface area (Å²) in [4.78, 5) is 12.4. The van der Waals surface area contributed by atoms with Gasteiger partial charge in [-0.25, -0.2) is 12.8 Å². The van der Waals surface area contributed by atoms with Crippen LogP contribution in [0.25, 0.3) is 0 Å². The van der Waals surface area contributed by atoms with E-state index >= 15 is 0 Å². The molecule has 0 spiro atoms. The first-order chi connectivity index (χ1) is 13.2. The Morgan fingerprint density at radius 1 is 1.04 bits per heavy atom. The molecule has 150 valence electrons. The monoisotopic (exact) mass is 464 g/mol. The molecule has 0 radical (unpaired) electrons. The molecule has 0 aliphatic carbocycles. The van der Waals surface area contributed by atoms with Crippen LogP contribution in [0.3, 0.4) is 0 Å². The number of nitrogens with zero attached hydrogens (tertiary/aromatic N) is 1. The zero-order valence-corrected chi connectivity index (χ0v) is 17.5. The molecular weight excluding hydrogens is 450 g/mol. The SMILES string of the molecule is O=C(Nc1cc(Cl)ccc1F)C1CCN(S(=O)(=O)c2cc(Cl)ccc2Cl)CC1. The van der Waals surface area contributed by atoms with Gasteiger partial charge in [0, 0.05) is 29.1 Å².